The molecule has 0 saturated carbocycles. The minimum atomic E-state index is -1.11. The molecular weight excluding hydrogens is 434 g/mol. The Morgan fingerprint density at radius 3 is 2.03 bits per heavy atom. The van der Waals surface area contributed by atoms with Gasteiger partial charge in [-0.05, 0) is 48.7 Å². The van der Waals surface area contributed by atoms with Crippen LogP contribution in [0.3, 0.4) is 0 Å². The summed E-state index contributed by atoms with van der Waals surface area (Å²) in [7, 11) is 3.66. The highest BCUT2D eigenvalue weighted by Gasteiger charge is 2.31. The fraction of sp³-hybridized carbons (Fsp3) is 0.423. The number of rotatable bonds is 10. The van der Waals surface area contributed by atoms with Gasteiger partial charge in [0.25, 0.3) is 0 Å². The van der Waals surface area contributed by atoms with Gasteiger partial charge < -0.3 is 25.4 Å². The van der Waals surface area contributed by atoms with Crippen LogP contribution in [0.15, 0.2) is 48.5 Å². The van der Waals surface area contributed by atoms with Crippen LogP contribution < -0.4 is 10.6 Å². The molecule has 34 heavy (non-hydrogen) atoms. The molecule has 2 aromatic carbocycles. The van der Waals surface area contributed by atoms with Crippen LogP contribution in [-0.4, -0.2) is 67.3 Å². The molecule has 2 unspecified atom stereocenters. The number of nitrogens with zero attached hydrogens (tertiary/aromatic N) is 1. The van der Waals surface area contributed by atoms with Crippen molar-refractivity contribution in [1.82, 2.24) is 15.5 Å². The highest BCUT2D eigenvalue weighted by Crippen LogP contribution is 2.44. The number of carbonyl (C=O) groups excluding carboxylic acids is 2. The molecule has 0 bridgehead atoms. The number of carboxylic acids is 1. The van der Waals surface area contributed by atoms with Gasteiger partial charge in [-0.25, -0.2) is 9.59 Å². The number of hydrogen-bond acceptors (Lipinski definition) is 5. The lowest BCUT2D eigenvalue weighted by molar-refractivity contribution is -0.142. The zero-order valence-electron chi connectivity index (χ0n) is 20.1. The second-order valence-corrected chi connectivity index (χ2v) is 9.18. The first kappa shape index (κ1) is 25.2. The van der Waals surface area contributed by atoms with Crippen molar-refractivity contribution in [2.24, 2.45) is 5.92 Å². The molecule has 1 aliphatic carbocycles. The van der Waals surface area contributed by atoms with Crippen LogP contribution in [0.5, 0.6) is 0 Å². The number of carbonyl (C=O) groups is 3. The highest BCUT2D eigenvalue weighted by atomic mass is 16.5. The van der Waals surface area contributed by atoms with Crippen LogP contribution in [0.2, 0.25) is 0 Å². The number of amides is 2. The van der Waals surface area contributed by atoms with Gasteiger partial charge in [-0.3, -0.25) is 4.79 Å². The van der Waals surface area contributed by atoms with Gasteiger partial charge >= 0.3 is 12.1 Å². The largest absolute Gasteiger partial charge is 0.480 e. The van der Waals surface area contributed by atoms with Crippen molar-refractivity contribution in [3.63, 3.8) is 0 Å². The molecule has 3 N–H and O–H groups in total. The molecule has 0 saturated heterocycles. The van der Waals surface area contributed by atoms with E-state index >= 15 is 0 Å². The third kappa shape index (κ3) is 5.94. The number of carboxylic acid groups (broad SMARTS) is 1. The summed E-state index contributed by atoms with van der Waals surface area (Å²) in [6, 6.07) is 14.1. The van der Waals surface area contributed by atoms with E-state index in [1.54, 1.807) is 13.8 Å². The van der Waals surface area contributed by atoms with Crippen LogP contribution >= 0.6 is 0 Å². The number of benzene rings is 2. The number of alkyl carbamates (subject to hydrolysis) is 1. The van der Waals surface area contributed by atoms with Crippen molar-refractivity contribution >= 4 is 18.0 Å². The van der Waals surface area contributed by atoms with Crippen molar-refractivity contribution in [3.05, 3.63) is 59.7 Å². The van der Waals surface area contributed by atoms with E-state index in [4.69, 9.17) is 4.74 Å². The third-order valence-corrected chi connectivity index (χ3v) is 6.05. The number of aliphatic carboxylic acids is 1. The Morgan fingerprint density at radius 2 is 1.53 bits per heavy atom. The summed E-state index contributed by atoms with van der Waals surface area (Å²) in [5.74, 6) is -2.01. The fourth-order valence-corrected chi connectivity index (χ4v) is 4.21. The smallest absolute Gasteiger partial charge is 0.407 e. The number of hydrogen-bond donors (Lipinski definition) is 3. The van der Waals surface area contributed by atoms with Crippen LogP contribution in [0.25, 0.3) is 11.1 Å². The van der Waals surface area contributed by atoms with Gasteiger partial charge in [0.2, 0.25) is 5.91 Å². The summed E-state index contributed by atoms with van der Waals surface area (Å²) in [4.78, 5) is 38.9. The van der Waals surface area contributed by atoms with Gasteiger partial charge in [0.15, 0.2) is 0 Å². The molecular formula is C26H33N3O5. The van der Waals surface area contributed by atoms with E-state index in [1.165, 1.54) is 0 Å². The normalized spacial score (nSPS) is 14.3. The van der Waals surface area contributed by atoms with E-state index in [0.717, 1.165) is 22.3 Å². The highest BCUT2D eigenvalue weighted by molar-refractivity contribution is 5.89. The first-order chi connectivity index (χ1) is 16.2. The Hall–Kier alpha value is -3.39. The van der Waals surface area contributed by atoms with E-state index in [0.29, 0.717) is 6.54 Å². The molecule has 2 amide bonds. The first-order valence-electron chi connectivity index (χ1n) is 11.5. The van der Waals surface area contributed by atoms with Crippen molar-refractivity contribution in [3.8, 4) is 11.1 Å². The van der Waals surface area contributed by atoms with Crippen molar-refractivity contribution in [2.75, 3.05) is 27.2 Å². The van der Waals surface area contributed by atoms with Gasteiger partial charge in [-0.15, -0.1) is 0 Å². The molecule has 0 aromatic heterocycles. The number of fused-ring (bicyclic) bond motifs is 3. The second-order valence-electron chi connectivity index (χ2n) is 9.18. The monoisotopic (exact) mass is 467 g/mol. The molecule has 0 radical (unpaired) electrons. The van der Waals surface area contributed by atoms with Gasteiger partial charge in [0.1, 0.15) is 18.7 Å². The van der Waals surface area contributed by atoms with Gasteiger partial charge in [-0.2, -0.15) is 0 Å². The Kier molecular flexibility index (Phi) is 8.28. The zero-order chi connectivity index (χ0) is 24.8. The molecule has 8 heteroatoms. The quantitative estimate of drug-likeness (QED) is 0.496. The second kappa shape index (κ2) is 11.2. The Bertz CT molecular complexity index is 991. The lowest BCUT2D eigenvalue weighted by Crippen LogP contribution is -2.54. The summed E-state index contributed by atoms with van der Waals surface area (Å²) in [5.41, 5.74) is 4.45. The number of ether oxygens (including phenoxy) is 1. The Labute approximate surface area is 200 Å². The van der Waals surface area contributed by atoms with Gasteiger partial charge in [-0.1, -0.05) is 62.4 Å². The average molecular weight is 468 g/mol. The molecule has 0 spiro atoms. The van der Waals surface area contributed by atoms with Crippen LogP contribution in [-0.2, 0) is 14.3 Å². The fourth-order valence-electron chi connectivity index (χ4n) is 4.21. The Morgan fingerprint density at radius 1 is 0.971 bits per heavy atom. The Balaban J connectivity index is 1.63. The van der Waals surface area contributed by atoms with E-state index < -0.39 is 30.1 Å². The van der Waals surface area contributed by atoms with Crippen LogP contribution in [0.1, 0.15) is 37.3 Å². The molecule has 0 fully saturated rings. The predicted molar refractivity (Wildman–Crippen MR) is 130 cm³/mol. The van der Waals surface area contributed by atoms with E-state index in [2.05, 4.69) is 22.8 Å². The molecule has 182 valence electrons. The molecule has 2 aromatic rings. The zero-order valence-corrected chi connectivity index (χ0v) is 20.1. The van der Waals surface area contributed by atoms with E-state index in [1.807, 2.05) is 55.4 Å². The summed E-state index contributed by atoms with van der Waals surface area (Å²) < 4.78 is 5.55. The minimum Gasteiger partial charge on any atom is -0.480 e. The summed E-state index contributed by atoms with van der Waals surface area (Å²) in [6.45, 7) is 4.20. The van der Waals surface area contributed by atoms with Crippen molar-refractivity contribution in [1.29, 1.82) is 0 Å². The van der Waals surface area contributed by atoms with Crippen molar-refractivity contribution in [2.45, 2.75) is 38.3 Å². The van der Waals surface area contributed by atoms with Crippen LogP contribution in [0.4, 0.5) is 4.79 Å². The minimum absolute atomic E-state index is 0.0908. The molecule has 2 atom stereocenters. The maximum absolute atomic E-state index is 12.8. The lowest BCUT2D eigenvalue weighted by Gasteiger charge is -2.24. The summed E-state index contributed by atoms with van der Waals surface area (Å²) >= 11 is 0. The van der Waals surface area contributed by atoms with E-state index in [-0.39, 0.29) is 24.9 Å². The molecule has 3 rings (SSSR count). The topological polar surface area (TPSA) is 108 Å². The van der Waals surface area contributed by atoms with Gasteiger partial charge in [0.05, 0.1) is 0 Å². The summed E-state index contributed by atoms with van der Waals surface area (Å²) in [5, 5.41) is 14.6. The van der Waals surface area contributed by atoms with Crippen molar-refractivity contribution < 1.29 is 24.2 Å². The third-order valence-electron chi connectivity index (χ3n) is 6.05. The van der Waals surface area contributed by atoms with Crippen LogP contribution in [0, 0.1) is 5.92 Å². The lowest BCUT2D eigenvalue weighted by atomic mass is 9.98. The SMILES string of the molecule is CC(C)C(NC(=O)OCC1c2ccccc2-c2ccccc21)C(=O)NC(CCN(C)C)C(=O)O. The molecule has 0 heterocycles. The standard InChI is InChI=1S/C26H33N3O5/c1-16(2)23(24(30)27-22(25(31)32)13-14-29(3)4)28-26(33)34-15-21-19-11-7-5-9-17(19)18-10-6-8-12-20(18)21/h5-12,16,21-23H,13-15H2,1-4H3,(H,27,30)(H,28,33)(H,31,32). The molecule has 0 aliphatic heterocycles. The summed E-state index contributed by atoms with van der Waals surface area (Å²) in [6.07, 6.45) is -0.458. The number of nitrogens with one attached hydrogen (secondary N) is 2. The first-order valence-corrected chi connectivity index (χ1v) is 11.5. The molecule has 8 nitrogen and oxygen atoms in total. The predicted octanol–water partition coefficient (Wildman–Crippen LogP) is 3.07. The molecule has 1 aliphatic rings. The average Bonchev–Trinajstić information content (AvgIpc) is 3.12. The maximum atomic E-state index is 12.8. The van der Waals surface area contributed by atoms with E-state index in [9.17, 15) is 19.5 Å². The van der Waals surface area contributed by atoms with Gasteiger partial charge in [0, 0.05) is 12.5 Å². The maximum Gasteiger partial charge on any atom is 0.407 e.